The van der Waals surface area contributed by atoms with Crippen LogP contribution in [0.2, 0.25) is 0 Å². The summed E-state index contributed by atoms with van der Waals surface area (Å²) in [6, 6.07) is 18.2. The summed E-state index contributed by atoms with van der Waals surface area (Å²) < 4.78 is 11.2. The fourth-order valence-electron chi connectivity index (χ4n) is 3.42. The molecule has 1 aromatic heterocycles. The van der Waals surface area contributed by atoms with Crippen LogP contribution in [-0.4, -0.2) is 17.3 Å². The number of fused-ring (bicyclic) bond motifs is 1. The van der Waals surface area contributed by atoms with Crippen LogP contribution in [0.1, 0.15) is 28.3 Å². The maximum absolute atomic E-state index is 9.80. The Balaban J connectivity index is 1.75. The Hall–Kier alpha value is -3.37. The van der Waals surface area contributed by atoms with Crippen molar-refractivity contribution in [1.29, 1.82) is 5.26 Å². The Morgan fingerprint density at radius 1 is 1.24 bits per heavy atom. The molecule has 0 saturated heterocycles. The number of nitrogens with two attached hydrogens (primary N) is 1. The molecule has 0 bridgehead atoms. The van der Waals surface area contributed by atoms with Crippen LogP contribution in [0.3, 0.4) is 0 Å². The number of allylic oxidation sites excluding steroid dienone is 1. The summed E-state index contributed by atoms with van der Waals surface area (Å²) in [5.74, 6) is 1.40. The van der Waals surface area contributed by atoms with E-state index in [1.54, 1.807) is 18.9 Å². The Bertz CT molecular complexity index is 1110. The summed E-state index contributed by atoms with van der Waals surface area (Å²) in [6.07, 6.45) is 0. The highest BCUT2D eigenvalue weighted by molar-refractivity contribution is 7.98. The molecule has 4 rings (SSSR count). The third-order valence-corrected chi connectivity index (χ3v) is 5.91. The van der Waals surface area contributed by atoms with E-state index >= 15 is 0 Å². The van der Waals surface area contributed by atoms with Gasteiger partial charge in [0.2, 0.25) is 11.8 Å². The van der Waals surface area contributed by atoms with Gasteiger partial charge in [0, 0.05) is 16.2 Å². The third kappa shape index (κ3) is 3.55. The fourth-order valence-corrected chi connectivity index (χ4v) is 4.28. The van der Waals surface area contributed by atoms with Gasteiger partial charge in [0.1, 0.15) is 17.4 Å². The SMILES string of the molecule is COc1ccccc1C1C(C#N)=C(N)Oc2n[nH]c(CSc3ccc(C)cc3)c21. The van der Waals surface area contributed by atoms with E-state index in [2.05, 4.69) is 47.5 Å². The van der Waals surface area contributed by atoms with E-state index in [0.717, 1.165) is 21.7 Å². The number of hydrogen-bond donors (Lipinski definition) is 2. The molecule has 146 valence electrons. The van der Waals surface area contributed by atoms with Gasteiger partial charge in [-0.2, -0.15) is 5.26 Å². The van der Waals surface area contributed by atoms with Gasteiger partial charge in [-0.3, -0.25) is 5.10 Å². The largest absolute Gasteiger partial charge is 0.496 e. The number of ether oxygens (including phenoxy) is 2. The maximum Gasteiger partial charge on any atom is 0.244 e. The van der Waals surface area contributed by atoms with E-state index in [-0.39, 0.29) is 5.88 Å². The van der Waals surface area contributed by atoms with Gasteiger partial charge < -0.3 is 15.2 Å². The van der Waals surface area contributed by atoms with E-state index in [1.807, 2.05) is 24.3 Å². The molecule has 0 saturated carbocycles. The molecule has 3 N–H and O–H groups in total. The summed E-state index contributed by atoms with van der Waals surface area (Å²) in [6.45, 7) is 2.06. The molecule has 1 atom stereocenters. The number of thioether (sulfide) groups is 1. The van der Waals surface area contributed by atoms with Crippen LogP contribution in [0.25, 0.3) is 0 Å². The van der Waals surface area contributed by atoms with Crippen LogP contribution in [0.15, 0.2) is 64.9 Å². The van der Waals surface area contributed by atoms with E-state index in [4.69, 9.17) is 15.2 Å². The van der Waals surface area contributed by atoms with E-state index in [9.17, 15) is 5.26 Å². The number of aromatic nitrogens is 2. The molecule has 29 heavy (non-hydrogen) atoms. The number of aryl methyl sites for hydroxylation is 1. The van der Waals surface area contributed by atoms with Crippen molar-refractivity contribution in [2.45, 2.75) is 23.5 Å². The Morgan fingerprint density at radius 3 is 2.72 bits per heavy atom. The topological polar surface area (TPSA) is 96.9 Å². The van der Waals surface area contributed by atoms with E-state index in [1.165, 1.54) is 5.56 Å². The van der Waals surface area contributed by atoms with Crippen molar-refractivity contribution in [2.75, 3.05) is 7.11 Å². The second-order valence-electron chi connectivity index (χ2n) is 6.69. The predicted octanol–water partition coefficient (Wildman–Crippen LogP) is 4.24. The van der Waals surface area contributed by atoms with Gasteiger partial charge in [-0.1, -0.05) is 35.9 Å². The lowest BCUT2D eigenvalue weighted by molar-refractivity contribution is 0.375. The normalized spacial score (nSPS) is 15.4. The Morgan fingerprint density at radius 2 is 2.00 bits per heavy atom. The summed E-state index contributed by atoms with van der Waals surface area (Å²) >= 11 is 1.69. The maximum atomic E-state index is 9.80. The minimum Gasteiger partial charge on any atom is -0.496 e. The highest BCUT2D eigenvalue weighted by Crippen LogP contribution is 2.46. The van der Waals surface area contributed by atoms with Gasteiger partial charge >= 0.3 is 0 Å². The Kier molecular flexibility index (Phi) is 5.19. The molecule has 0 radical (unpaired) electrons. The van der Waals surface area contributed by atoms with Crippen molar-refractivity contribution in [3.63, 3.8) is 0 Å². The van der Waals surface area contributed by atoms with Crippen molar-refractivity contribution in [2.24, 2.45) is 5.73 Å². The molecule has 1 aliphatic rings. The molecular weight excluding hydrogens is 384 g/mol. The number of nitrogens with zero attached hydrogens (tertiary/aromatic N) is 2. The Labute approximate surface area is 173 Å². The number of para-hydroxylation sites is 1. The molecule has 0 fully saturated rings. The monoisotopic (exact) mass is 404 g/mol. The fraction of sp³-hybridized carbons (Fsp3) is 0.182. The van der Waals surface area contributed by atoms with Crippen LogP contribution < -0.4 is 15.2 Å². The van der Waals surface area contributed by atoms with Crippen molar-refractivity contribution < 1.29 is 9.47 Å². The molecule has 7 heteroatoms. The number of H-pyrrole nitrogens is 1. The number of rotatable bonds is 5. The lowest BCUT2D eigenvalue weighted by atomic mass is 9.83. The van der Waals surface area contributed by atoms with Gasteiger partial charge in [0.05, 0.1) is 24.3 Å². The second kappa shape index (κ2) is 7.94. The minimum atomic E-state index is -0.410. The summed E-state index contributed by atoms with van der Waals surface area (Å²) in [4.78, 5) is 1.15. The molecule has 2 aromatic carbocycles. The van der Waals surface area contributed by atoms with Crippen molar-refractivity contribution in [1.82, 2.24) is 10.2 Å². The number of aromatic amines is 1. The molecule has 3 aromatic rings. The van der Waals surface area contributed by atoms with E-state index in [0.29, 0.717) is 23.0 Å². The smallest absolute Gasteiger partial charge is 0.244 e. The van der Waals surface area contributed by atoms with Crippen LogP contribution in [0.4, 0.5) is 0 Å². The molecule has 1 aliphatic heterocycles. The molecule has 0 amide bonds. The lowest BCUT2D eigenvalue weighted by Crippen LogP contribution is -2.21. The average Bonchev–Trinajstić information content (AvgIpc) is 3.14. The summed E-state index contributed by atoms with van der Waals surface area (Å²) in [5.41, 5.74) is 10.2. The number of methoxy groups -OCH3 is 1. The molecule has 2 heterocycles. The molecule has 0 aliphatic carbocycles. The van der Waals surface area contributed by atoms with E-state index < -0.39 is 5.92 Å². The third-order valence-electron chi connectivity index (χ3n) is 4.87. The van der Waals surface area contributed by atoms with Gasteiger partial charge in [-0.05, 0) is 25.1 Å². The minimum absolute atomic E-state index is 0.0696. The zero-order valence-electron chi connectivity index (χ0n) is 16.1. The molecule has 1 unspecified atom stereocenters. The first-order valence-electron chi connectivity index (χ1n) is 9.09. The summed E-state index contributed by atoms with van der Waals surface area (Å²) in [5, 5.41) is 17.2. The standard InChI is InChI=1S/C22H20N4O2S/c1-13-7-9-14(10-8-13)29-12-17-20-19(15-5-3-4-6-18(15)27-2)16(11-23)21(24)28-22(20)26-25-17/h3-10,19H,12,24H2,1-2H3,(H,25,26). The van der Waals surface area contributed by atoms with Gasteiger partial charge in [-0.25, -0.2) is 0 Å². The first-order valence-corrected chi connectivity index (χ1v) is 10.1. The molecular formula is C22H20N4O2S. The van der Waals surface area contributed by atoms with Gasteiger partial charge in [0.25, 0.3) is 0 Å². The highest BCUT2D eigenvalue weighted by Gasteiger charge is 2.36. The highest BCUT2D eigenvalue weighted by atomic mass is 32.2. The van der Waals surface area contributed by atoms with Crippen LogP contribution in [-0.2, 0) is 5.75 Å². The molecule has 0 spiro atoms. The zero-order valence-corrected chi connectivity index (χ0v) is 16.9. The zero-order chi connectivity index (χ0) is 20.4. The summed E-state index contributed by atoms with van der Waals surface area (Å²) in [7, 11) is 1.61. The lowest BCUT2D eigenvalue weighted by Gasteiger charge is -2.25. The van der Waals surface area contributed by atoms with Crippen LogP contribution in [0, 0.1) is 18.3 Å². The molecule has 6 nitrogen and oxygen atoms in total. The number of nitriles is 1. The predicted molar refractivity (Wildman–Crippen MR) is 112 cm³/mol. The number of benzene rings is 2. The first kappa shape index (κ1) is 19.0. The van der Waals surface area contributed by atoms with Crippen molar-refractivity contribution >= 4 is 11.8 Å². The second-order valence-corrected chi connectivity index (χ2v) is 7.74. The number of hydrogen-bond acceptors (Lipinski definition) is 6. The number of nitrogens with one attached hydrogen (secondary N) is 1. The van der Waals surface area contributed by atoms with Crippen LogP contribution >= 0.6 is 11.8 Å². The quantitative estimate of drug-likeness (QED) is 0.618. The van der Waals surface area contributed by atoms with Crippen molar-refractivity contribution in [3.8, 4) is 17.7 Å². The first-order chi connectivity index (χ1) is 14.1. The van der Waals surface area contributed by atoms with Crippen LogP contribution in [0.5, 0.6) is 11.6 Å². The van der Waals surface area contributed by atoms with Gasteiger partial charge in [-0.15, -0.1) is 16.9 Å². The average molecular weight is 404 g/mol. The van der Waals surface area contributed by atoms with Gasteiger partial charge in [0.15, 0.2) is 0 Å². The van der Waals surface area contributed by atoms with Crippen molar-refractivity contribution in [3.05, 3.63) is 82.4 Å².